The molecule has 6 nitrogen and oxygen atoms in total. The van der Waals surface area contributed by atoms with Crippen LogP contribution in [0.2, 0.25) is 0 Å². The average molecular weight is 363 g/mol. The summed E-state index contributed by atoms with van der Waals surface area (Å²) in [6, 6.07) is 16.6. The molecule has 0 fully saturated rings. The second-order valence-electron chi connectivity index (χ2n) is 7.62. The fourth-order valence-corrected chi connectivity index (χ4v) is 2.64. The number of aromatic nitrogens is 2. The standard InChI is InChI=1S/C21H25N5O/c1-14-6-5-7-17(12-14)26-19(13-18(25-26)21(2,3)4)24-20(27)23-16-10-8-15(22)9-11-16/h5-13H,22H2,1-4H3,(H2,23,24,27). The van der Waals surface area contributed by atoms with Gasteiger partial charge in [0, 0.05) is 22.9 Å². The first kappa shape index (κ1) is 18.5. The zero-order valence-corrected chi connectivity index (χ0v) is 16.1. The summed E-state index contributed by atoms with van der Waals surface area (Å²) in [7, 11) is 0. The van der Waals surface area contributed by atoms with E-state index in [1.807, 2.05) is 37.3 Å². The number of nitrogens with one attached hydrogen (secondary N) is 2. The summed E-state index contributed by atoms with van der Waals surface area (Å²) < 4.78 is 1.76. The maximum absolute atomic E-state index is 12.5. The minimum Gasteiger partial charge on any atom is -0.399 e. The molecule has 0 radical (unpaired) electrons. The average Bonchev–Trinajstić information content (AvgIpc) is 3.01. The van der Waals surface area contributed by atoms with E-state index in [1.54, 1.807) is 28.9 Å². The number of hydrogen-bond acceptors (Lipinski definition) is 3. The van der Waals surface area contributed by atoms with Crippen LogP contribution < -0.4 is 16.4 Å². The molecule has 0 atom stereocenters. The Bertz CT molecular complexity index is 951. The number of nitrogen functional groups attached to an aromatic ring is 1. The molecule has 0 unspecified atom stereocenters. The normalized spacial score (nSPS) is 11.3. The monoisotopic (exact) mass is 363 g/mol. The maximum Gasteiger partial charge on any atom is 0.324 e. The molecule has 1 heterocycles. The van der Waals surface area contributed by atoms with E-state index >= 15 is 0 Å². The van der Waals surface area contributed by atoms with Crippen LogP contribution in [0.25, 0.3) is 5.69 Å². The highest BCUT2D eigenvalue weighted by Crippen LogP contribution is 2.26. The third-order valence-corrected chi connectivity index (χ3v) is 4.13. The number of benzene rings is 2. The first-order valence-corrected chi connectivity index (χ1v) is 8.83. The van der Waals surface area contributed by atoms with E-state index in [0.717, 1.165) is 16.9 Å². The number of carbonyl (C=O) groups is 1. The number of aryl methyl sites for hydroxylation is 1. The number of amides is 2. The Morgan fingerprint density at radius 1 is 1.04 bits per heavy atom. The van der Waals surface area contributed by atoms with Crippen molar-refractivity contribution in [3.63, 3.8) is 0 Å². The molecule has 0 aliphatic rings. The lowest BCUT2D eigenvalue weighted by atomic mass is 9.92. The molecule has 2 amide bonds. The molecule has 140 valence electrons. The van der Waals surface area contributed by atoms with Gasteiger partial charge in [-0.15, -0.1) is 0 Å². The minimum absolute atomic E-state index is 0.140. The zero-order chi connectivity index (χ0) is 19.6. The Labute approximate surface area is 159 Å². The summed E-state index contributed by atoms with van der Waals surface area (Å²) in [5, 5.41) is 10.4. The van der Waals surface area contributed by atoms with Gasteiger partial charge in [0.25, 0.3) is 0 Å². The third-order valence-electron chi connectivity index (χ3n) is 4.13. The van der Waals surface area contributed by atoms with Gasteiger partial charge in [0.2, 0.25) is 0 Å². The fourth-order valence-electron chi connectivity index (χ4n) is 2.64. The molecule has 6 heteroatoms. The van der Waals surface area contributed by atoms with Gasteiger partial charge in [0.1, 0.15) is 5.82 Å². The summed E-state index contributed by atoms with van der Waals surface area (Å²) in [5.41, 5.74) is 9.77. The van der Waals surface area contributed by atoms with Gasteiger partial charge in [-0.05, 0) is 48.9 Å². The van der Waals surface area contributed by atoms with E-state index in [2.05, 4.69) is 31.4 Å². The van der Waals surface area contributed by atoms with Gasteiger partial charge in [-0.3, -0.25) is 5.32 Å². The Kier molecular flexibility index (Phi) is 4.90. The molecule has 1 aromatic heterocycles. The van der Waals surface area contributed by atoms with Crippen LogP contribution in [0.5, 0.6) is 0 Å². The van der Waals surface area contributed by atoms with Crippen molar-refractivity contribution in [2.45, 2.75) is 33.1 Å². The van der Waals surface area contributed by atoms with Crippen LogP contribution in [0, 0.1) is 6.92 Å². The first-order chi connectivity index (χ1) is 12.7. The number of urea groups is 1. The van der Waals surface area contributed by atoms with Gasteiger partial charge < -0.3 is 11.1 Å². The van der Waals surface area contributed by atoms with Crippen LogP contribution >= 0.6 is 0 Å². The molecule has 0 saturated carbocycles. The molecular formula is C21H25N5O. The number of carbonyl (C=O) groups excluding carboxylic acids is 1. The highest BCUT2D eigenvalue weighted by Gasteiger charge is 2.21. The Balaban J connectivity index is 1.90. The number of anilines is 3. The van der Waals surface area contributed by atoms with Crippen LogP contribution in [-0.4, -0.2) is 15.8 Å². The predicted octanol–water partition coefficient (Wildman–Crippen LogP) is 4.70. The van der Waals surface area contributed by atoms with Gasteiger partial charge >= 0.3 is 6.03 Å². The van der Waals surface area contributed by atoms with E-state index in [4.69, 9.17) is 10.8 Å². The zero-order valence-electron chi connectivity index (χ0n) is 16.1. The lowest BCUT2D eigenvalue weighted by molar-refractivity contribution is 0.262. The lowest BCUT2D eigenvalue weighted by Crippen LogP contribution is -2.21. The van der Waals surface area contributed by atoms with Gasteiger partial charge in [0.15, 0.2) is 0 Å². The number of nitrogens with zero attached hydrogens (tertiary/aromatic N) is 2. The van der Waals surface area contributed by atoms with Crippen molar-refractivity contribution in [3.8, 4) is 5.69 Å². The van der Waals surface area contributed by atoms with Crippen molar-refractivity contribution in [3.05, 3.63) is 65.9 Å². The Morgan fingerprint density at radius 2 is 1.74 bits per heavy atom. The molecule has 0 aliphatic heterocycles. The van der Waals surface area contributed by atoms with E-state index in [1.165, 1.54) is 0 Å². The van der Waals surface area contributed by atoms with E-state index in [0.29, 0.717) is 17.2 Å². The van der Waals surface area contributed by atoms with Crippen LogP contribution in [0.1, 0.15) is 32.0 Å². The van der Waals surface area contributed by atoms with Crippen LogP contribution in [0.4, 0.5) is 22.0 Å². The molecule has 4 N–H and O–H groups in total. The smallest absolute Gasteiger partial charge is 0.324 e. The lowest BCUT2D eigenvalue weighted by Gasteiger charge is -2.14. The van der Waals surface area contributed by atoms with Gasteiger partial charge in [0.05, 0.1) is 11.4 Å². The number of rotatable bonds is 3. The van der Waals surface area contributed by atoms with Crippen LogP contribution in [0.15, 0.2) is 54.6 Å². The van der Waals surface area contributed by atoms with Gasteiger partial charge in [-0.2, -0.15) is 5.10 Å². The van der Waals surface area contributed by atoms with Crippen LogP contribution in [-0.2, 0) is 5.41 Å². The quantitative estimate of drug-likeness (QED) is 0.589. The highest BCUT2D eigenvalue weighted by molar-refractivity contribution is 5.99. The molecule has 0 saturated heterocycles. The first-order valence-electron chi connectivity index (χ1n) is 8.83. The number of nitrogens with two attached hydrogens (primary N) is 1. The van der Waals surface area contributed by atoms with Crippen molar-refractivity contribution >= 4 is 23.2 Å². The molecule has 3 aromatic rings. The van der Waals surface area contributed by atoms with Gasteiger partial charge in [-0.1, -0.05) is 32.9 Å². The summed E-state index contributed by atoms with van der Waals surface area (Å²) >= 11 is 0. The number of hydrogen-bond donors (Lipinski definition) is 3. The van der Waals surface area contributed by atoms with Crippen molar-refractivity contribution in [2.75, 3.05) is 16.4 Å². The molecule has 0 spiro atoms. The second-order valence-corrected chi connectivity index (χ2v) is 7.62. The van der Waals surface area contributed by atoms with Crippen molar-refractivity contribution in [2.24, 2.45) is 0 Å². The van der Waals surface area contributed by atoms with E-state index in [9.17, 15) is 4.79 Å². The SMILES string of the molecule is Cc1cccc(-n2nc(C(C)(C)C)cc2NC(=O)Nc2ccc(N)cc2)c1. The molecule has 0 aliphatic carbocycles. The maximum atomic E-state index is 12.5. The minimum atomic E-state index is -0.339. The third kappa shape index (κ3) is 4.47. The molecule has 2 aromatic carbocycles. The Hall–Kier alpha value is -3.28. The summed E-state index contributed by atoms with van der Waals surface area (Å²) in [6.45, 7) is 8.30. The van der Waals surface area contributed by atoms with Crippen molar-refractivity contribution in [1.29, 1.82) is 0 Å². The topological polar surface area (TPSA) is 85.0 Å². The molecule has 0 bridgehead atoms. The predicted molar refractivity (Wildman–Crippen MR) is 110 cm³/mol. The largest absolute Gasteiger partial charge is 0.399 e. The van der Waals surface area contributed by atoms with Gasteiger partial charge in [-0.25, -0.2) is 9.48 Å². The van der Waals surface area contributed by atoms with Crippen LogP contribution in [0.3, 0.4) is 0 Å². The molecule has 27 heavy (non-hydrogen) atoms. The molecule has 3 rings (SSSR count). The Morgan fingerprint density at radius 3 is 2.37 bits per heavy atom. The highest BCUT2D eigenvalue weighted by atomic mass is 16.2. The summed E-state index contributed by atoms with van der Waals surface area (Å²) in [5.74, 6) is 0.610. The van der Waals surface area contributed by atoms with Crippen molar-refractivity contribution < 1.29 is 4.79 Å². The summed E-state index contributed by atoms with van der Waals surface area (Å²) in [4.78, 5) is 12.5. The molecular weight excluding hydrogens is 338 g/mol. The van der Waals surface area contributed by atoms with E-state index in [-0.39, 0.29) is 11.4 Å². The van der Waals surface area contributed by atoms with E-state index < -0.39 is 0 Å². The van der Waals surface area contributed by atoms with Crippen molar-refractivity contribution in [1.82, 2.24) is 9.78 Å². The fraction of sp³-hybridized carbons (Fsp3) is 0.238. The summed E-state index contributed by atoms with van der Waals surface area (Å²) in [6.07, 6.45) is 0. The second kappa shape index (κ2) is 7.15.